The van der Waals surface area contributed by atoms with Crippen LogP contribution in [-0.4, -0.2) is 36.1 Å². The van der Waals surface area contributed by atoms with Gasteiger partial charge in [0.1, 0.15) is 0 Å². The van der Waals surface area contributed by atoms with Crippen LogP contribution in [0.25, 0.3) is 0 Å². The number of nitrogens with zero attached hydrogens (tertiary/aromatic N) is 2. The summed E-state index contributed by atoms with van der Waals surface area (Å²) in [6, 6.07) is 9.58. The zero-order chi connectivity index (χ0) is 15.0. The third-order valence-corrected chi connectivity index (χ3v) is 3.10. The van der Waals surface area contributed by atoms with Gasteiger partial charge in [0.15, 0.2) is 10.2 Å². The zero-order valence-corrected chi connectivity index (χ0v) is 13.2. The van der Waals surface area contributed by atoms with Crippen molar-refractivity contribution >= 4 is 33.8 Å². The van der Waals surface area contributed by atoms with E-state index in [1.807, 2.05) is 30.3 Å². The molecule has 0 N–H and O–H groups in total. The van der Waals surface area contributed by atoms with Gasteiger partial charge in [0, 0.05) is 25.2 Å². The zero-order valence-electron chi connectivity index (χ0n) is 11.7. The molecule has 4 nitrogen and oxygen atoms in total. The van der Waals surface area contributed by atoms with Gasteiger partial charge in [-0.2, -0.15) is 0 Å². The Kier molecular flexibility index (Phi) is 7.18. The summed E-state index contributed by atoms with van der Waals surface area (Å²) in [5.74, 6) is -0.493. The molecule has 20 heavy (non-hydrogen) atoms. The first kappa shape index (κ1) is 16.6. The van der Waals surface area contributed by atoms with Gasteiger partial charge in [-0.3, -0.25) is 0 Å². The summed E-state index contributed by atoms with van der Waals surface area (Å²) in [7, 11) is 3.60. The largest absolute Gasteiger partial charge is 0.461 e. The highest BCUT2D eigenvalue weighted by atomic mass is 35.5. The maximum Gasteiger partial charge on any atom is 0.358 e. The number of hydrogen-bond donors (Lipinski definition) is 0. The molecule has 0 radical (unpaired) electrons. The summed E-state index contributed by atoms with van der Waals surface area (Å²) in [6.45, 7) is 2.04. The van der Waals surface area contributed by atoms with Crippen molar-refractivity contribution in [3.63, 3.8) is 0 Å². The Morgan fingerprint density at radius 2 is 2.05 bits per heavy atom. The first-order valence-electron chi connectivity index (χ1n) is 6.05. The van der Waals surface area contributed by atoms with E-state index < -0.39 is 5.97 Å². The highest BCUT2D eigenvalue weighted by Gasteiger charge is 2.11. The average Bonchev–Trinajstić information content (AvgIpc) is 2.38. The maximum absolute atomic E-state index is 11.8. The lowest BCUT2D eigenvalue weighted by Crippen LogP contribution is -2.11. The molecule has 0 aliphatic rings. The number of ether oxygens (including phenoxy) is 1. The molecule has 1 aromatic rings. The van der Waals surface area contributed by atoms with Gasteiger partial charge in [0.25, 0.3) is 0 Å². The van der Waals surface area contributed by atoms with Crippen LogP contribution in [0.3, 0.4) is 0 Å². The van der Waals surface area contributed by atoms with E-state index in [9.17, 15) is 4.79 Å². The van der Waals surface area contributed by atoms with Crippen LogP contribution in [0.4, 0.5) is 0 Å². The van der Waals surface area contributed by atoms with Gasteiger partial charge in [-0.05, 0) is 19.1 Å². The van der Waals surface area contributed by atoms with Gasteiger partial charge in [0.2, 0.25) is 0 Å². The van der Waals surface area contributed by atoms with Crippen LogP contribution in [0.5, 0.6) is 0 Å². The van der Waals surface area contributed by atoms with Crippen molar-refractivity contribution in [2.24, 2.45) is 4.99 Å². The molecule has 0 aliphatic heterocycles. The number of carbonyl (C=O) groups excluding carboxylic acids is 1. The Hall–Kier alpha value is -1.46. The standard InChI is InChI=1S/C14H17ClN2O2S/c1-4-19-13(18)12(10-17(2)3)16-14(15)20-11-8-6-5-7-9-11/h5-10H,4H2,1-3H3/b12-10-,16-14?. The minimum Gasteiger partial charge on any atom is -0.461 e. The number of esters is 1. The van der Waals surface area contributed by atoms with E-state index in [-0.39, 0.29) is 10.2 Å². The third kappa shape index (κ3) is 6.12. The Morgan fingerprint density at radius 3 is 2.60 bits per heavy atom. The van der Waals surface area contributed by atoms with Gasteiger partial charge in [-0.15, -0.1) is 0 Å². The van der Waals surface area contributed by atoms with Crippen LogP contribution >= 0.6 is 23.4 Å². The number of thioether (sulfide) groups is 1. The number of hydrogen-bond acceptors (Lipinski definition) is 5. The van der Waals surface area contributed by atoms with E-state index in [1.165, 1.54) is 11.8 Å². The quantitative estimate of drug-likeness (QED) is 0.275. The van der Waals surface area contributed by atoms with Crippen LogP contribution in [0.15, 0.2) is 52.1 Å². The molecular weight excluding hydrogens is 296 g/mol. The van der Waals surface area contributed by atoms with Crippen molar-refractivity contribution < 1.29 is 9.53 Å². The molecule has 0 saturated carbocycles. The lowest BCUT2D eigenvalue weighted by molar-refractivity contribution is -0.138. The summed E-state index contributed by atoms with van der Waals surface area (Å²) in [5.41, 5.74) is 0.172. The predicted molar refractivity (Wildman–Crippen MR) is 84.0 cm³/mol. The lowest BCUT2D eigenvalue weighted by atomic mass is 10.4. The fraction of sp³-hybridized carbons (Fsp3) is 0.286. The van der Waals surface area contributed by atoms with Gasteiger partial charge >= 0.3 is 5.97 Å². The Labute approximate surface area is 128 Å². The SMILES string of the molecule is CCOC(=O)/C(=C/N(C)C)N=C(Cl)Sc1ccccc1. The molecule has 0 amide bonds. The van der Waals surface area contributed by atoms with E-state index >= 15 is 0 Å². The lowest BCUT2D eigenvalue weighted by Gasteiger charge is -2.08. The molecule has 0 atom stereocenters. The minimum atomic E-state index is -0.493. The smallest absolute Gasteiger partial charge is 0.358 e. The maximum atomic E-state index is 11.8. The number of aliphatic imine (C=N–C) groups is 1. The van der Waals surface area contributed by atoms with Crippen molar-refractivity contribution in [2.75, 3.05) is 20.7 Å². The van der Waals surface area contributed by atoms with Crippen molar-refractivity contribution in [3.8, 4) is 0 Å². The first-order chi connectivity index (χ1) is 9.52. The van der Waals surface area contributed by atoms with Crippen LogP contribution in [0.1, 0.15) is 6.92 Å². The minimum absolute atomic E-state index is 0.172. The Bertz CT molecular complexity index is 501. The van der Waals surface area contributed by atoms with Gasteiger partial charge < -0.3 is 9.64 Å². The normalized spacial score (nSPS) is 12.2. The van der Waals surface area contributed by atoms with E-state index in [0.717, 1.165) is 4.90 Å². The molecule has 0 heterocycles. The summed E-state index contributed by atoms with van der Waals surface area (Å²) >= 11 is 7.37. The summed E-state index contributed by atoms with van der Waals surface area (Å²) in [4.78, 5) is 18.6. The first-order valence-corrected chi connectivity index (χ1v) is 7.24. The molecule has 0 bridgehead atoms. The fourth-order valence-corrected chi connectivity index (χ4v) is 2.27. The number of carbonyl (C=O) groups is 1. The van der Waals surface area contributed by atoms with Crippen molar-refractivity contribution in [3.05, 3.63) is 42.2 Å². The molecule has 108 valence electrons. The molecule has 0 unspecified atom stereocenters. The second-order valence-corrected chi connectivity index (χ2v) is 5.62. The molecule has 0 fully saturated rings. The van der Waals surface area contributed by atoms with E-state index in [2.05, 4.69) is 4.99 Å². The molecule has 0 aliphatic carbocycles. The van der Waals surface area contributed by atoms with Crippen LogP contribution < -0.4 is 0 Å². The summed E-state index contributed by atoms with van der Waals surface area (Å²) in [6.07, 6.45) is 1.58. The fourth-order valence-electron chi connectivity index (χ4n) is 1.28. The monoisotopic (exact) mass is 312 g/mol. The summed E-state index contributed by atoms with van der Waals surface area (Å²) in [5, 5.41) is 0. The van der Waals surface area contributed by atoms with Crippen LogP contribution in [-0.2, 0) is 9.53 Å². The molecule has 1 aromatic carbocycles. The van der Waals surface area contributed by atoms with Crippen molar-refractivity contribution in [1.82, 2.24) is 4.90 Å². The molecule has 0 saturated heterocycles. The second kappa shape index (κ2) is 8.66. The Morgan fingerprint density at radius 1 is 1.40 bits per heavy atom. The van der Waals surface area contributed by atoms with Crippen LogP contribution in [0, 0.1) is 0 Å². The Balaban J connectivity index is 2.87. The second-order valence-electron chi connectivity index (χ2n) is 3.98. The van der Waals surface area contributed by atoms with Crippen LogP contribution in [0.2, 0.25) is 0 Å². The van der Waals surface area contributed by atoms with Gasteiger partial charge in [-0.25, -0.2) is 9.79 Å². The topological polar surface area (TPSA) is 41.9 Å². The predicted octanol–water partition coefficient (Wildman–Crippen LogP) is 3.34. The molecule has 0 aromatic heterocycles. The number of benzene rings is 1. The van der Waals surface area contributed by atoms with Crippen molar-refractivity contribution in [1.29, 1.82) is 0 Å². The van der Waals surface area contributed by atoms with Gasteiger partial charge in [-0.1, -0.05) is 41.6 Å². The van der Waals surface area contributed by atoms with E-state index in [0.29, 0.717) is 6.61 Å². The van der Waals surface area contributed by atoms with Gasteiger partial charge in [0.05, 0.1) is 6.61 Å². The molecular formula is C14H17ClN2O2S. The number of halogens is 1. The average molecular weight is 313 g/mol. The number of rotatable bonds is 5. The highest BCUT2D eigenvalue weighted by Crippen LogP contribution is 2.22. The van der Waals surface area contributed by atoms with E-state index in [4.69, 9.17) is 16.3 Å². The third-order valence-electron chi connectivity index (χ3n) is 2.02. The van der Waals surface area contributed by atoms with Crippen molar-refractivity contribution in [2.45, 2.75) is 11.8 Å². The molecule has 6 heteroatoms. The molecule has 1 rings (SSSR count). The van der Waals surface area contributed by atoms with E-state index in [1.54, 1.807) is 32.1 Å². The highest BCUT2D eigenvalue weighted by molar-refractivity contribution is 8.16. The molecule has 0 spiro atoms. The summed E-state index contributed by atoms with van der Waals surface area (Å²) < 4.78 is 5.21.